The molecule has 0 aliphatic heterocycles. The number of carbonyl (C=O) groups is 1. The van der Waals surface area contributed by atoms with Gasteiger partial charge in [0.1, 0.15) is 12.2 Å². The minimum absolute atomic E-state index is 0.0343. The van der Waals surface area contributed by atoms with Crippen LogP contribution >= 0.6 is 0 Å². The van der Waals surface area contributed by atoms with Gasteiger partial charge in [0.15, 0.2) is 0 Å². The molecule has 1 heterocycles. The fraction of sp³-hybridized carbons (Fsp3) is 0.167. The van der Waals surface area contributed by atoms with Gasteiger partial charge >= 0.3 is 11.6 Å². The Morgan fingerprint density at radius 1 is 0.929 bits per heavy atom. The van der Waals surface area contributed by atoms with Crippen molar-refractivity contribution in [2.75, 3.05) is 0 Å². The van der Waals surface area contributed by atoms with E-state index in [0.717, 1.165) is 35.4 Å². The summed E-state index contributed by atoms with van der Waals surface area (Å²) < 4.78 is 10.9. The fourth-order valence-corrected chi connectivity index (χ4v) is 3.96. The van der Waals surface area contributed by atoms with Gasteiger partial charge in [0.05, 0.1) is 5.56 Å². The Morgan fingerprint density at radius 3 is 2.57 bits per heavy atom. The Balaban J connectivity index is 1.44. The van der Waals surface area contributed by atoms with E-state index in [1.54, 1.807) is 6.07 Å². The Labute approximate surface area is 161 Å². The molecule has 4 aromatic rings. The maximum Gasteiger partial charge on any atom is 0.338 e. The summed E-state index contributed by atoms with van der Waals surface area (Å²) in [5.74, 6) is -0.409. The van der Waals surface area contributed by atoms with Crippen molar-refractivity contribution in [1.29, 1.82) is 0 Å². The Bertz CT molecular complexity index is 1280. The van der Waals surface area contributed by atoms with Gasteiger partial charge < -0.3 is 9.15 Å². The van der Waals surface area contributed by atoms with Gasteiger partial charge in [0.2, 0.25) is 0 Å². The molecule has 0 N–H and O–H groups in total. The molecule has 4 nitrogen and oxygen atoms in total. The van der Waals surface area contributed by atoms with Crippen LogP contribution in [0.15, 0.2) is 69.9 Å². The highest BCUT2D eigenvalue weighted by atomic mass is 16.5. The molecule has 0 fully saturated rings. The van der Waals surface area contributed by atoms with Crippen LogP contribution in [0.2, 0.25) is 0 Å². The Hall–Kier alpha value is -3.40. The van der Waals surface area contributed by atoms with E-state index in [2.05, 4.69) is 6.07 Å². The molecule has 0 bridgehead atoms. The van der Waals surface area contributed by atoms with Crippen LogP contribution in [0.1, 0.15) is 33.5 Å². The van der Waals surface area contributed by atoms with Crippen molar-refractivity contribution in [3.63, 3.8) is 0 Å². The lowest BCUT2D eigenvalue weighted by Crippen LogP contribution is -2.08. The van der Waals surface area contributed by atoms with Crippen LogP contribution in [0, 0.1) is 0 Å². The molecule has 1 aliphatic carbocycles. The SMILES string of the molecule is O=C(OCc1cc(=O)oc2cc3c(cc12)CCC3)c1ccc2ccccc2c1. The number of ether oxygens (including phenoxy) is 1. The van der Waals surface area contributed by atoms with Gasteiger partial charge in [-0.2, -0.15) is 0 Å². The zero-order chi connectivity index (χ0) is 19.1. The lowest BCUT2D eigenvalue weighted by atomic mass is 10.0. The summed E-state index contributed by atoms with van der Waals surface area (Å²) in [5, 5.41) is 2.89. The van der Waals surface area contributed by atoms with Crippen LogP contribution in [0.4, 0.5) is 0 Å². The van der Waals surface area contributed by atoms with Crippen LogP contribution in [0.3, 0.4) is 0 Å². The molecule has 28 heavy (non-hydrogen) atoms. The van der Waals surface area contributed by atoms with E-state index in [4.69, 9.17) is 9.15 Å². The highest BCUT2D eigenvalue weighted by molar-refractivity contribution is 5.95. The standard InChI is InChI=1S/C24H18O4/c25-23-13-20(21-11-17-6-3-7-18(17)12-22(21)28-23)14-27-24(26)19-9-8-15-4-1-2-5-16(15)10-19/h1-2,4-5,8-13H,3,6-7,14H2. The van der Waals surface area contributed by atoms with Crippen molar-refractivity contribution in [2.24, 2.45) is 0 Å². The zero-order valence-corrected chi connectivity index (χ0v) is 15.2. The van der Waals surface area contributed by atoms with Crippen molar-refractivity contribution < 1.29 is 13.9 Å². The van der Waals surface area contributed by atoms with Crippen molar-refractivity contribution >= 4 is 27.7 Å². The number of benzene rings is 3. The number of hydrogen-bond donors (Lipinski definition) is 0. The molecule has 4 heteroatoms. The summed E-state index contributed by atoms with van der Waals surface area (Å²) in [6.07, 6.45) is 3.15. The number of carbonyl (C=O) groups excluding carboxylic acids is 1. The molecule has 0 amide bonds. The predicted octanol–water partition coefficient (Wildman–Crippen LogP) is 4.79. The normalized spacial score (nSPS) is 13.0. The van der Waals surface area contributed by atoms with E-state index in [0.29, 0.717) is 16.7 Å². The number of aryl methyl sites for hydroxylation is 2. The largest absolute Gasteiger partial charge is 0.457 e. The van der Waals surface area contributed by atoms with Gasteiger partial charge in [0.25, 0.3) is 0 Å². The molecule has 0 radical (unpaired) electrons. The Morgan fingerprint density at radius 2 is 1.71 bits per heavy atom. The van der Waals surface area contributed by atoms with Crippen LogP contribution in [-0.2, 0) is 24.2 Å². The van der Waals surface area contributed by atoms with Gasteiger partial charge in [0, 0.05) is 17.0 Å². The summed E-state index contributed by atoms with van der Waals surface area (Å²) in [6.45, 7) is 0.0343. The van der Waals surface area contributed by atoms with E-state index in [1.165, 1.54) is 17.2 Å². The summed E-state index contributed by atoms with van der Waals surface area (Å²) in [4.78, 5) is 24.5. The second-order valence-corrected chi connectivity index (χ2v) is 7.20. The molecule has 1 aromatic heterocycles. The first kappa shape index (κ1) is 16.8. The smallest absolute Gasteiger partial charge is 0.338 e. The average Bonchev–Trinajstić information content (AvgIpc) is 3.17. The summed E-state index contributed by atoms with van der Waals surface area (Å²) in [6, 6.07) is 18.8. The van der Waals surface area contributed by atoms with Crippen molar-refractivity contribution in [3.05, 3.63) is 93.3 Å². The third-order valence-electron chi connectivity index (χ3n) is 5.39. The molecule has 1 aliphatic rings. The molecular formula is C24H18O4. The predicted molar refractivity (Wildman–Crippen MR) is 108 cm³/mol. The van der Waals surface area contributed by atoms with Gasteiger partial charge in [-0.25, -0.2) is 9.59 Å². The van der Waals surface area contributed by atoms with Crippen molar-refractivity contribution in [2.45, 2.75) is 25.9 Å². The highest BCUT2D eigenvalue weighted by Gasteiger charge is 2.16. The first-order valence-corrected chi connectivity index (χ1v) is 9.42. The van der Waals surface area contributed by atoms with Crippen molar-refractivity contribution in [1.82, 2.24) is 0 Å². The highest BCUT2D eigenvalue weighted by Crippen LogP contribution is 2.29. The van der Waals surface area contributed by atoms with Gasteiger partial charge in [-0.05, 0) is 65.4 Å². The summed E-state index contributed by atoms with van der Waals surface area (Å²) >= 11 is 0. The Kier molecular flexibility index (Phi) is 3.97. The molecule has 0 atom stereocenters. The molecule has 5 rings (SSSR count). The van der Waals surface area contributed by atoms with Crippen LogP contribution < -0.4 is 5.63 Å². The number of rotatable bonds is 3. The zero-order valence-electron chi connectivity index (χ0n) is 15.2. The van der Waals surface area contributed by atoms with Crippen LogP contribution in [0.5, 0.6) is 0 Å². The van der Waals surface area contributed by atoms with Gasteiger partial charge in [-0.15, -0.1) is 0 Å². The topological polar surface area (TPSA) is 56.5 Å². The van der Waals surface area contributed by atoms with E-state index < -0.39 is 11.6 Å². The quantitative estimate of drug-likeness (QED) is 0.384. The molecule has 0 unspecified atom stereocenters. The lowest BCUT2D eigenvalue weighted by molar-refractivity contribution is 0.0474. The molecular weight excluding hydrogens is 352 g/mol. The number of esters is 1. The first-order chi connectivity index (χ1) is 13.7. The number of hydrogen-bond acceptors (Lipinski definition) is 4. The molecule has 0 saturated carbocycles. The van der Waals surface area contributed by atoms with Gasteiger partial charge in [-0.1, -0.05) is 30.3 Å². The van der Waals surface area contributed by atoms with E-state index in [1.807, 2.05) is 42.5 Å². The number of fused-ring (bicyclic) bond motifs is 3. The third-order valence-corrected chi connectivity index (χ3v) is 5.39. The van der Waals surface area contributed by atoms with E-state index in [-0.39, 0.29) is 6.61 Å². The minimum Gasteiger partial charge on any atom is -0.457 e. The monoisotopic (exact) mass is 370 g/mol. The maximum atomic E-state index is 12.5. The first-order valence-electron chi connectivity index (χ1n) is 9.42. The maximum absolute atomic E-state index is 12.5. The lowest BCUT2D eigenvalue weighted by Gasteiger charge is -2.09. The molecule has 138 valence electrons. The summed E-state index contributed by atoms with van der Waals surface area (Å²) in [5.41, 5.74) is 3.82. The van der Waals surface area contributed by atoms with Crippen molar-refractivity contribution in [3.8, 4) is 0 Å². The van der Waals surface area contributed by atoms with Crippen LogP contribution in [0.25, 0.3) is 21.7 Å². The summed E-state index contributed by atoms with van der Waals surface area (Å²) in [7, 11) is 0. The molecule has 0 saturated heterocycles. The van der Waals surface area contributed by atoms with E-state index in [9.17, 15) is 9.59 Å². The molecule has 0 spiro atoms. The van der Waals surface area contributed by atoms with E-state index >= 15 is 0 Å². The van der Waals surface area contributed by atoms with Crippen LogP contribution in [-0.4, -0.2) is 5.97 Å². The third kappa shape index (κ3) is 2.97. The van der Waals surface area contributed by atoms with Gasteiger partial charge in [-0.3, -0.25) is 0 Å². The minimum atomic E-state index is -0.429. The average molecular weight is 370 g/mol. The molecule has 3 aromatic carbocycles. The fourth-order valence-electron chi connectivity index (χ4n) is 3.96. The second-order valence-electron chi connectivity index (χ2n) is 7.20. The second kappa shape index (κ2) is 6.64.